The zero-order valence-corrected chi connectivity index (χ0v) is 13.3. The van der Waals surface area contributed by atoms with E-state index in [4.69, 9.17) is 0 Å². The van der Waals surface area contributed by atoms with Crippen LogP contribution >= 0.6 is 15.9 Å². The van der Waals surface area contributed by atoms with Crippen LogP contribution in [0.25, 0.3) is 10.8 Å². The lowest BCUT2D eigenvalue weighted by Crippen LogP contribution is -2.14. The summed E-state index contributed by atoms with van der Waals surface area (Å²) in [6.07, 6.45) is 0. The van der Waals surface area contributed by atoms with Crippen LogP contribution in [0.1, 0.15) is 16.1 Å². The largest absolute Gasteiger partial charge is 0.307 e. The lowest BCUT2D eigenvalue weighted by atomic mass is 10.1. The van der Waals surface area contributed by atoms with E-state index in [1.807, 2.05) is 49.4 Å². The predicted octanol–water partition coefficient (Wildman–Crippen LogP) is 3.90. The topological polar surface area (TPSA) is 46.9 Å². The van der Waals surface area contributed by atoms with Gasteiger partial charge in [-0.15, -0.1) is 0 Å². The summed E-state index contributed by atoms with van der Waals surface area (Å²) in [5.41, 5.74) is 1.50. The molecule has 3 rings (SSSR count). The zero-order valence-electron chi connectivity index (χ0n) is 11.7. The predicted molar refractivity (Wildman–Crippen MR) is 87.5 cm³/mol. The van der Waals surface area contributed by atoms with Gasteiger partial charge in [-0.2, -0.15) is 5.10 Å². The Balaban J connectivity index is 1.91. The summed E-state index contributed by atoms with van der Waals surface area (Å²) >= 11 is 3.45. The van der Waals surface area contributed by atoms with E-state index in [0.29, 0.717) is 11.4 Å². The molecule has 0 aliphatic heterocycles. The van der Waals surface area contributed by atoms with Crippen LogP contribution in [-0.4, -0.2) is 15.7 Å². The summed E-state index contributed by atoms with van der Waals surface area (Å²) in [6, 6.07) is 13.5. The van der Waals surface area contributed by atoms with Crippen LogP contribution in [0.5, 0.6) is 0 Å². The molecule has 4 nitrogen and oxygen atoms in total. The number of carbonyl (C=O) groups is 1. The van der Waals surface area contributed by atoms with E-state index in [2.05, 4.69) is 26.3 Å². The fraction of sp³-hybridized carbons (Fsp3) is 0.125. The monoisotopic (exact) mass is 343 g/mol. The number of halogens is 1. The molecule has 0 atom stereocenters. The highest BCUT2D eigenvalue weighted by molar-refractivity contribution is 9.10. The Morgan fingerprint density at radius 2 is 1.86 bits per heavy atom. The Hall–Kier alpha value is -2.14. The van der Waals surface area contributed by atoms with Crippen molar-refractivity contribution in [2.24, 2.45) is 7.05 Å². The van der Waals surface area contributed by atoms with Gasteiger partial charge in [0.25, 0.3) is 5.91 Å². The van der Waals surface area contributed by atoms with Crippen molar-refractivity contribution < 1.29 is 4.79 Å². The minimum Gasteiger partial charge on any atom is -0.307 e. The van der Waals surface area contributed by atoms with E-state index >= 15 is 0 Å². The molecule has 0 radical (unpaired) electrons. The van der Waals surface area contributed by atoms with Crippen molar-refractivity contribution in [2.45, 2.75) is 6.92 Å². The third kappa shape index (κ3) is 2.83. The number of aryl methyl sites for hydroxylation is 2. The van der Waals surface area contributed by atoms with Crippen molar-refractivity contribution in [3.8, 4) is 0 Å². The third-order valence-electron chi connectivity index (χ3n) is 3.31. The maximum atomic E-state index is 12.3. The minimum absolute atomic E-state index is 0.136. The first kappa shape index (κ1) is 13.8. The normalized spacial score (nSPS) is 10.8. The summed E-state index contributed by atoms with van der Waals surface area (Å²) in [7, 11) is 1.81. The number of aromatic nitrogens is 2. The van der Waals surface area contributed by atoms with Crippen LogP contribution in [0.3, 0.4) is 0 Å². The van der Waals surface area contributed by atoms with E-state index in [1.165, 1.54) is 0 Å². The first-order valence-corrected chi connectivity index (χ1v) is 7.33. The van der Waals surface area contributed by atoms with Crippen molar-refractivity contribution in [3.63, 3.8) is 0 Å². The van der Waals surface area contributed by atoms with Gasteiger partial charge in [0.05, 0.1) is 5.69 Å². The van der Waals surface area contributed by atoms with Crippen LogP contribution in [0.2, 0.25) is 0 Å². The molecule has 0 aliphatic carbocycles. The summed E-state index contributed by atoms with van der Waals surface area (Å²) in [5, 5.41) is 9.22. The highest BCUT2D eigenvalue weighted by Gasteiger charge is 2.10. The van der Waals surface area contributed by atoms with Crippen LogP contribution in [-0.2, 0) is 7.05 Å². The van der Waals surface area contributed by atoms with Gasteiger partial charge in [-0.1, -0.05) is 28.1 Å². The molecule has 0 bridgehead atoms. The smallest absolute Gasteiger partial charge is 0.256 e. The van der Waals surface area contributed by atoms with E-state index in [-0.39, 0.29) is 5.91 Å². The number of nitrogens with zero attached hydrogens (tertiary/aromatic N) is 2. The number of rotatable bonds is 2. The summed E-state index contributed by atoms with van der Waals surface area (Å²) in [4.78, 5) is 12.3. The lowest BCUT2D eigenvalue weighted by molar-refractivity contribution is 0.102. The molecular formula is C16H14BrN3O. The van der Waals surface area contributed by atoms with Gasteiger partial charge in [-0.25, -0.2) is 0 Å². The first-order valence-electron chi connectivity index (χ1n) is 6.54. The summed E-state index contributed by atoms with van der Waals surface area (Å²) in [6.45, 7) is 1.89. The first-order chi connectivity index (χ1) is 10.0. The number of fused-ring (bicyclic) bond motifs is 1. The van der Waals surface area contributed by atoms with Crippen molar-refractivity contribution in [3.05, 3.63) is 58.2 Å². The van der Waals surface area contributed by atoms with E-state index in [0.717, 1.165) is 20.9 Å². The van der Waals surface area contributed by atoms with Gasteiger partial charge in [-0.3, -0.25) is 9.48 Å². The Labute approximate surface area is 130 Å². The van der Waals surface area contributed by atoms with E-state index < -0.39 is 0 Å². The van der Waals surface area contributed by atoms with Gasteiger partial charge < -0.3 is 5.32 Å². The molecule has 2 aromatic carbocycles. The van der Waals surface area contributed by atoms with E-state index in [9.17, 15) is 4.79 Å². The van der Waals surface area contributed by atoms with Gasteiger partial charge in [0, 0.05) is 23.2 Å². The Morgan fingerprint density at radius 1 is 1.14 bits per heavy atom. The fourth-order valence-corrected chi connectivity index (χ4v) is 2.65. The second kappa shape index (κ2) is 5.33. The number of hydrogen-bond donors (Lipinski definition) is 1. The second-order valence-electron chi connectivity index (χ2n) is 4.95. The number of carbonyl (C=O) groups excluding carboxylic acids is 1. The zero-order chi connectivity index (χ0) is 15.0. The molecule has 21 heavy (non-hydrogen) atoms. The van der Waals surface area contributed by atoms with Crippen LogP contribution < -0.4 is 5.32 Å². The SMILES string of the molecule is Cc1cc(NC(=O)c2ccc3cc(Br)ccc3c2)n(C)n1. The van der Waals surface area contributed by atoms with Gasteiger partial charge in [0.15, 0.2) is 0 Å². The minimum atomic E-state index is -0.136. The molecule has 0 fully saturated rings. The molecule has 0 spiro atoms. The molecule has 0 aliphatic rings. The van der Waals surface area contributed by atoms with Crippen LogP contribution in [0, 0.1) is 6.92 Å². The molecule has 5 heteroatoms. The molecule has 3 aromatic rings. The number of hydrogen-bond acceptors (Lipinski definition) is 2. The Morgan fingerprint density at radius 3 is 2.57 bits per heavy atom. The van der Waals surface area contributed by atoms with Crippen LogP contribution in [0.4, 0.5) is 5.82 Å². The third-order valence-corrected chi connectivity index (χ3v) is 3.80. The Kier molecular flexibility index (Phi) is 3.51. The van der Waals surface area contributed by atoms with E-state index in [1.54, 1.807) is 11.7 Å². The number of nitrogens with one attached hydrogen (secondary N) is 1. The van der Waals surface area contributed by atoms with Crippen molar-refractivity contribution in [1.29, 1.82) is 0 Å². The van der Waals surface area contributed by atoms with Crippen LogP contribution in [0.15, 0.2) is 46.9 Å². The number of amides is 1. The molecule has 0 saturated heterocycles. The molecule has 1 amide bonds. The standard InChI is InChI=1S/C16H14BrN3O/c1-10-7-15(20(2)19-10)18-16(21)13-4-3-12-9-14(17)6-5-11(12)8-13/h3-9H,1-2H3,(H,18,21). The van der Waals surface area contributed by atoms with Gasteiger partial charge in [0.1, 0.15) is 5.82 Å². The maximum absolute atomic E-state index is 12.3. The average molecular weight is 344 g/mol. The fourth-order valence-electron chi connectivity index (χ4n) is 2.27. The number of benzene rings is 2. The van der Waals surface area contributed by atoms with Gasteiger partial charge in [-0.05, 0) is 42.0 Å². The molecule has 1 aromatic heterocycles. The average Bonchev–Trinajstić information content (AvgIpc) is 2.76. The molecular weight excluding hydrogens is 330 g/mol. The molecule has 106 valence electrons. The van der Waals surface area contributed by atoms with Crippen molar-refractivity contribution in [2.75, 3.05) is 5.32 Å². The van der Waals surface area contributed by atoms with Crippen molar-refractivity contribution >= 4 is 38.4 Å². The second-order valence-corrected chi connectivity index (χ2v) is 5.87. The molecule has 0 saturated carbocycles. The summed E-state index contributed by atoms with van der Waals surface area (Å²) < 4.78 is 2.68. The lowest BCUT2D eigenvalue weighted by Gasteiger charge is -2.06. The highest BCUT2D eigenvalue weighted by atomic mass is 79.9. The quantitative estimate of drug-likeness (QED) is 0.767. The van der Waals surface area contributed by atoms with Crippen molar-refractivity contribution in [1.82, 2.24) is 9.78 Å². The molecule has 1 heterocycles. The Bertz CT molecular complexity index is 839. The van der Waals surface area contributed by atoms with Gasteiger partial charge in [0.2, 0.25) is 0 Å². The van der Waals surface area contributed by atoms with Gasteiger partial charge >= 0.3 is 0 Å². The number of anilines is 1. The molecule has 0 unspecified atom stereocenters. The summed E-state index contributed by atoms with van der Waals surface area (Å²) in [5.74, 6) is 0.552. The molecule has 1 N–H and O–H groups in total. The highest BCUT2D eigenvalue weighted by Crippen LogP contribution is 2.21. The maximum Gasteiger partial charge on any atom is 0.256 e.